The van der Waals surface area contributed by atoms with Crippen molar-refractivity contribution in [2.45, 2.75) is 11.7 Å². The van der Waals surface area contributed by atoms with Crippen molar-refractivity contribution in [1.29, 1.82) is 0 Å². The minimum Gasteiger partial charge on any atom is -0.497 e. The Balaban J connectivity index is 2.00. The molecule has 6 nitrogen and oxygen atoms in total. The second-order valence-electron chi connectivity index (χ2n) is 4.54. The predicted molar refractivity (Wildman–Crippen MR) is 77.7 cm³/mol. The van der Waals surface area contributed by atoms with Gasteiger partial charge in [-0.2, -0.15) is 0 Å². The summed E-state index contributed by atoms with van der Waals surface area (Å²) in [6.45, 7) is 0. The normalized spacial score (nSPS) is 18.0. The molecule has 0 aliphatic carbocycles. The highest BCUT2D eigenvalue weighted by molar-refractivity contribution is 8.15. The number of ether oxygens (including phenoxy) is 1. The van der Waals surface area contributed by atoms with Crippen molar-refractivity contribution in [3.8, 4) is 5.75 Å². The Bertz CT molecular complexity index is 798. The molecule has 0 radical (unpaired) electrons. The number of thioether (sulfide) groups is 1. The van der Waals surface area contributed by atoms with E-state index in [1.807, 2.05) is 0 Å². The number of carbonyl (C=O) groups excluding carboxylic acids is 2. The molecule has 1 aliphatic rings. The van der Waals surface area contributed by atoms with Gasteiger partial charge in [-0.3, -0.25) is 19.7 Å². The molecule has 1 atom stereocenters. The lowest BCUT2D eigenvalue weighted by Crippen LogP contribution is -2.27. The van der Waals surface area contributed by atoms with Gasteiger partial charge in [0.15, 0.2) is 5.43 Å². The number of hydrogen-bond donors (Lipinski definition) is 1. The molecule has 0 bridgehead atoms. The van der Waals surface area contributed by atoms with Crippen molar-refractivity contribution in [2.24, 2.45) is 0 Å². The fraction of sp³-hybridized carbons (Fsp3) is 0.214. The van der Waals surface area contributed by atoms with Gasteiger partial charge in [-0.15, -0.1) is 0 Å². The topological polar surface area (TPSA) is 85.6 Å². The third kappa shape index (κ3) is 2.52. The summed E-state index contributed by atoms with van der Waals surface area (Å²) in [5.41, 5.74) is 0.588. The van der Waals surface area contributed by atoms with Gasteiger partial charge in [-0.05, 0) is 18.2 Å². The fourth-order valence-electron chi connectivity index (χ4n) is 2.15. The third-order valence-corrected chi connectivity index (χ3v) is 4.20. The molecule has 0 saturated carbocycles. The zero-order chi connectivity index (χ0) is 15.0. The number of amides is 2. The first-order valence-corrected chi connectivity index (χ1v) is 7.06. The van der Waals surface area contributed by atoms with Crippen LogP contribution in [0.1, 0.15) is 5.56 Å². The first kappa shape index (κ1) is 13.7. The van der Waals surface area contributed by atoms with Crippen molar-refractivity contribution in [3.05, 3.63) is 40.2 Å². The maximum absolute atomic E-state index is 12.4. The van der Waals surface area contributed by atoms with E-state index in [0.29, 0.717) is 22.3 Å². The number of nitrogens with one attached hydrogen (secondary N) is 1. The van der Waals surface area contributed by atoms with Crippen LogP contribution in [-0.4, -0.2) is 23.5 Å². The Kier molecular flexibility index (Phi) is 3.42. The van der Waals surface area contributed by atoms with Gasteiger partial charge in [-0.25, -0.2) is 0 Å². The van der Waals surface area contributed by atoms with Crippen molar-refractivity contribution in [1.82, 2.24) is 5.32 Å². The van der Waals surface area contributed by atoms with E-state index < -0.39 is 10.5 Å². The largest absolute Gasteiger partial charge is 0.497 e. The summed E-state index contributed by atoms with van der Waals surface area (Å²) in [7, 11) is 1.51. The average molecular weight is 305 g/mol. The van der Waals surface area contributed by atoms with Gasteiger partial charge in [0.25, 0.3) is 5.24 Å². The third-order valence-electron chi connectivity index (χ3n) is 3.22. The minimum atomic E-state index is -0.594. The fourth-order valence-corrected chi connectivity index (χ4v) is 2.99. The van der Waals surface area contributed by atoms with Gasteiger partial charge in [0, 0.05) is 12.0 Å². The van der Waals surface area contributed by atoms with E-state index in [1.54, 1.807) is 18.2 Å². The molecule has 21 heavy (non-hydrogen) atoms. The van der Waals surface area contributed by atoms with Crippen molar-refractivity contribution >= 4 is 33.9 Å². The lowest BCUT2D eigenvalue weighted by molar-refractivity contribution is -0.118. The molecule has 2 heterocycles. The number of benzene rings is 1. The molecule has 3 rings (SSSR count). The highest BCUT2D eigenvalue weighted by Gasteiger charge is 2.32. The average Bonchev–Trinajstić information content (AvgIpc) is 2.79. The molecule has 1 aliphatic heterocycles. The summed E-state index contributed by atoms with van der Waals surface area (Å²) < 4.78 is 10.5. The van der Waals surface area contributed by atoms with E-state index >= 15 is 0 Å². The number of methoxy groups -OCH3 is 1. The summed E-state index contributed by atoms with van der Waals surface area (Å²) in [4.78, 5) is 35.1. The van der Waals surface area contributed by atoms with Crippen LogP contribution in [0.5, 0.6) is 5.75 Å². The Hall–Kier alpha value is -2.28. The quantitative estimate of drug-likeness (QED) is 0.929. The van der Waals surface area contributed by atoms with Gasteiger partial charge in [-0.1, -0.05) is 11.8 Å². The maximum atomic E-state index is 12.4. The lowest BCUT2D eigenvalue weighted by atomic mass is 10.1. The molecule has 1 unspecified atom stereocenters. The van der Waals surface area contributed by atoms with Crippen LogP contribution in [0.4, 0.5) is 4.79 Å². The van der Waals surface area contributed by atoms with Gasteiger partial charge >= 0.3 is 0 Å². The van der Waals surface area contributed by atoms with E-state index in [1.165, 1.54) is 13.4 Å². The van der Waals surface area contributed by atoms with Crippen LogP contribution in [0, 0.1) is 0 Å². The highest BCUT2D eigenvalue weighted by atomic mass is 32.2. The smallest absolute Gasteiger partial charge is 0.286 e. The van der Waals surface area contributed by atoms with Crippen LogP contribution < -0.4 is 15.5 Å². The van der Waals surface area contributed by atoms with Gasteiger partial charge < -0.3 is 9.15 Å². The number of carbonyl (C=O) groups is 2. The molecule has 1 aromatic carbocycles. The molecule has 1 saturated heterocycles. The predicted octanol–water partition coefficient (Wildman–Crippen LogP) is 1.70. The molecular formula is C14H11NO5S. The van der Waals surface area contributed by atoms with Crippen LogP contribution in [0.15, 0.2) is 33.7 Å². The first-order chi connectivity index (χ1) is 10.1. The van der Waals surface area contributed by atoms with Crippen LogP contribution >= 0.6 is 11.8 Å². The number of rotatable bonds is 3. The molecule has 2 aromatic rings. The Morgan fingerprint density at radius 2 is 2.14 bits per heavy atom. The van der Waals surface area contributed by atoms with Gasteiger partial charge in [0.1, 0.15) is 11.3 Å². The van der Waals surface area contributed by atoms with Crippen molar-refractivity contribution in [3.63, 3.8) is 0 Å². The molecule has 2 amide bonds. The molecule has 108 valence electrons. The van der Waals surface area contributed by atoms with Crippen LogP contribution in [0.2, 0.25) is 0 Å². The Morgan fingerprint density at radius 1 is 1.33 bits per heavy atom. The summed E-state index contributed by atoms with van der Waals surface area (Å²) in [6, 6.07) is 4.95. The summed E-state index contributed by atoms with van der Waals surface area (Å²) in [5.74, 6) is 0.172. The van der Waals surface area contributed by atoms with E-state index in [2.05, 4.69) is 5.32 Å². The zero-order valence-corrected chi connectivity index (χ0v) is 11.9. The molecular weight excluding hydrogens is 294 g/mol. The summed E-state index contributed by atoms with van der Waals surface area (Å²) >= 11 is 0.885. The number of hydrogen-bond acceptors (Lipinski definition) is 6. The lowest BCUT2D eigenvalue weighted by Gasteiger charge is -2.06. The molecule has 1 N–H and O–H groups in total. The van der Waals surface area contributed by atoms with E-state index in [4.69, 9.17) is 9.15 Å². The van der Waals surface area contributed by atoms with Crippen LogP contribution in [-0.2, 0) is 11.2 Å². The molecule has 0 spiro atoms. The minimum absolute atomic E-state index is 0.151. The maximum Gasteiger partial charge on any atom is 0.286 e. The summed E-state index contributed by atoms with van der Waals surface area (Å²) in [5, 5.41) is 1.60. The van der Waals surface area contributed by atoms with Crippen LogP contribution in [0.25, 0.3) is 11.0 Å². The van der Waals surface area contributed by atoms with Gasteiger partial charge in [0.2, 0.25) is 5.91 Å². The van der Waals surface area contributed by atoms with Gasteiger partial charge in [0.05, 0.1) is 24.0 Å². The second-order valence-corrected chi connectivity index (χ2v) is 5.72. The number of imide groups is 1. The Morgan fingerprint density at radius 3 is 2.81 bits per heavy atom. The summed E-state index contributed by atoms with van der Waals surface area (Å²) in [6.07, 6.45) is 1.49. The second kappa shape index (κ2) is 5.25. The van der Waals surface area contributed by atoms with Crippen molar-refractivity contribution in [2.75, 3.05) is 7.11 Å². The zero-order valence-electron chi connectivity index (χ0n) is 11.0. The van der Waals surface area contributed by atoms with E-state index in [-0.39, 0.29) is 17.8 Å². The van der Waals surface area contributed by atoms with Crippen LogP contribution in [0.3, 0.4) is 0 Å². The molecule has 1 fully saturated rings. The number of fused-ring (bicyclic) bond motifs is 1. The highest BCUT2D eigenvalue weighted by Crippen LogP contribution is 2.23. The van der Waals surface area contributed by atoms with Crippen molar-refractivity contribution < 1.29 is 18.7 Å². The monoisotopic (exact) mass is 305 g/mol. The standard InChI is InChI=1S/C14H11NO5S/c1-19-8-2-3-10-9(5-8)12(16)7(6-20-10)4-11-13(17)15-14(18)21-11/h2-3,5-6,11H,4H2,1H3,(H,15,17,18). The first-order valence-electron chi connectivity index (χ1n) is 6.18. The molecule has 1 aromatic heterocycles. The molecule has 7 heteroatoms. The SMILES string of the molecule is COc1ccc2occ(CC3SC(=O)NC3=O)c(=O)c2c1. The van der Waals surface area contributed by atoms with E-state index in [9.17, 15) is 14.4 Å². The van der Waals surface area contributed by atoms with E-state index in [0.717, 1.165) is 11.8 Å². The Labute approximate surface area is 123 Å².